The van der Waals surface area contributed by atoms with Crippen molar-refractivity contribution >= 4 is 5.91 Å². The van der Waals surface area contributed by atoms with E-state index in [1.807, 2.05) is 17.0 Å². The molecule has 1 saturated carbocycles. The number of rotatable bonds is 7. The Morgan fingerprint density at radius 1 is 1.30 bits per heavy atom. The maximum atomic E-state index is 12.9. The SMILES string of the molecule is COCC1c2cccc(OC)c2CCN1C(=O)CNCC1(O)CCCCC1. The molecule has 1 heterocycles. The van der Waals surface area contributed by atoms with Crippen LogP contribution in [-0.2, 0) is 16.0 Å². The second-order valence-electron chi connectivity index (χ2n) is 7.72. The lowest BCUT2D eigenvalue weighted by molar-refractivity contribution is -0.134. The van der Waals surface area contributed by atoms with Crippen LogP contribution in [0.4, 0.5) is 0 Å². The minimum Gasteiger partial charge on any atom is -0.496 e. The molecule has 27 heavy (non-hydrogen) atoms. The molecule has 2 aliphatic rings. The van der Waals surface area contributed by atoms with Crippen molar-refractivity contribution in [1.29, 1.82) is 0 Å². The van der Waals surface area contributed by atoms with Gasteiger partial charge in [0.15, 0.2) is 0 Å². The number of hydrogen-bond acceptors (Lipinski definition) is 5. The third-order valence-electron chi connectivity index (χ3n) is 5.89. The Morgan fingerprint density at radius 3 is 2.78 bits per heavy atom. The van der Waals surface area contributed by atoms with Crippen LogP contribution in [0.1, 0.15) is 49.3 Å². The lowest BCUT2D eigenvalue weighted by atomic mass is 9.85. The van der Waals surface area contributed by atoms with Crippen molar-refractivity contribution in [2.24, 2.45) is 0 Å². The molecule has 1 aliphatic carbocycles. The summed E-state index contributed by atoms with van der Waals surface area (Å²) in [5, 5.41) is 13.8. The van der Waals surface area contributed by atoms with E-state index in [1.165, 1.54) is 6.42 Å². The molecule has 0 saturated heterocycles. The highest BCUT2D eigenvalue weighted by Gasteiger charge is 2.33. The first kappa shape index (κ1) is 20.1. The average molecular weight is 376 g/mol. The van der Waals surface area contributed by atoms with Crippen molar-refractivity contribution in [3.8, 4) is 5.75 Å². The summed E-state index contributed by atoms with van der Waals surface area (Å²) in [5.74, 6) is 0.920. The van der Waals surface area contributed by atoms with E-state index < -0.39 is 5.60 Å². The summed E-state index contributed by atoms with van der Waals surface area (Å²) in [6.07, 6.45) is 5.72. The van der Waals surface area contributed by atoms with E-state index in [0.717, 1.165) is 49.0 Å². The standard InChI is InChI=1S/C21H32N2O4/c1-26-14-18-16-7-6-8-19(27-2)17(16)9-12-23(18)20(24)13-22-15-21(25)10-4-3-5-11-21/h6-8,18,22,25H,3-5,9-15H2,1-2H3. The largest absolute Gasteiger partial charge is 0.496 e. The molecule has 1 aliphatic heterocycles. The molecule has 1 unspecified atom stereocenters. The van der Waals surface area contributed by atoms with Gasteiger partial charge in [-0.15, -0.1) is 0 Å². The van der Waals surface area contributed by atoms with E-state index in [9.17, 15) is 9.90 Å². The van der Waals surface area contributed by atoms with Crippen LogP contribution >= 0.6 is 0 Å². The van der Waals surface area contributed by atoms with Gasteiger partial charge in [-0.25, -0.2) is 0 Å². The summed E-state index contributed by atoms with van der Waals surface area (Å²) in [5.41, 5.74) is 1.60. The van der Waals surface area contributed by atoms with E-state index in [1.54, 1.807) is 14.2 Å². The highest BCUT2D eigenvalue weighted by atomic mass is 16.5. The van der Waals surface area contributed by atoms with Crippen molar-refractivity contribution in [1.82, 2.24) is 10.2 Å². The van der Waals surface area contributed by atoms with Crippen LogP contribution in [0.3, 0.4) is 0 Å². The summed E-state index contributed by atoms with van der Waals surface area (Å²) in [4.78, 5) is 14.8. The van der Waals surface area contributed by atoms with Gasteiger partial charge in [0.1, 0.15) is 5.75 Å². The Hall–Kier alpha value is -1.63. The highest BCUT2D eigenvalue weighted by molar-refractivity contribution is 5.79. The molecule has 1 atom stereocenters. The number of benzene rings is 1. The first-order valence-corrected chi connectivity index (χ1v) is 9.95. The van der Waals surface area contributed by atoms with E-state index in [4.69, 9.17) is 9.47 Å². The second kappa shape index (κ2) is 9.04. The number of carbonyl (C=O) groups is 1. The molecule has 150 valence electrons. The van der Waals surface area contributed by atoms with E-state index in [2.05, 4.69) is 11.4 Å². The zero-order valence-corrected chi connectivity index (χ0v) is 16.5. The van der Waals surface area contributed by atoms with Gasteiger partial charge in [-0.3, -0.25) is 4.79 Å². The molecule has 1 aromatic carbocycles. The van der Waals surface area contributed by atoms with Crippen molar-refractivity contribution in [2.75, 3.05) is 40.5 Å². The normalized spacial score (nSPS) is 21.6. The molecule has 6 nitrogen and oxygen atoms in total. The molecule has 1 aromatic rings. The third kappa shape index (κ3) is 4.62. The molecule has 2 N–H and O–H groups in total. The van der Waals surface area contributed by atoms with Crippen molar-refractivity contribution in [3.05, 3.63) is 29.3 Å². The van der Waals surface area contributed by atoms with Crippen molar-refractivity contribution in [3.63, 3.8) is 0 Å². The smallest absolute Gasteiger partial charge is 0.237 e. The van der Waals surface area contributed by atoms with Gasteiger partial charge in [0, 0.05) is 25.8 Å². The molecule has 0 spiro atoms. The van der Waals surface area contributed by atoms with Crippen LogP contribution < -0.4 is 10.1 Å². The minimum absolute atomic E-state index is 0.0462. The number of methoxy groups -OCH3 is 2. The highest BCUT2D eigenvalue weighted by Crippen LogP contribution is 2.35. The lowest BCUT2D eigenvalue weighted by Crippen LogP contribution is -2.48. The van der Waals surface area contributed by atoms with Gasteiger partial charge >= 0.3 is 0 Å². The zero-order chi connectivity index (χ0) is 19.3. The van der Waals surface area contributed by atoms with Gasteiger partial charge in [-0.05, 0) is 30.9 Å². The molecular formula is C21H32N2O4. The van der Waals surface area contributed by atoms with Gasteiger partial charge in [0.2, 0.25) is 5.91 Å². The summed E-state index contributed by atoms with van der Waals surface area (Å²) in [6, 6.07) is 5.87. The fourth-order valence-electron chi connectivity index (χ4n) is 4.44. The summed E-state index contributed by atoms with van der Waals surface area (Å²) >= 11 is 0. The molecule has 1 fully saturated rings. The number of ether oxygens (including phenoxy) is 2. The number of fused-ring (bicyclic) bond motifs is 1. The quantitative estimate of drug-likeness (QED) is 0.762. The number of amides is 1. The van der Waals surface area contributed by atoms with Gasteiger partial charge in [-0.1, -0.05) is 31.4 Å². The zero-order valence-electron chi connectivity index (χ0n) is 16.5. The predicted molar refractivity (Wildman–Crippen MR) is 104 cm³/mol. The maximum Gasteiger partial charge on any atom is 0.237 e. The van der Waals surface area contributed by atoms with Gasteiger partial charge in [0.25, 0.3) is 0 Å². The van der Waals surface area contributed by atoms with Gasteiger partial charge in [0.05, 0.1) is 31.9 Å². The molecule has 0 radical (unpaired) electrons. The van der Waals surface area contributed by atoms with Crippen LogP contribution in [-0.4, -0.2) is 62.0 Å². The van der Waals surface area contributed by atoms with Crippen LogP contribution in [0.2, 0.25) is 0 Å². The maximum absolute atomic E-state index is 12.9. The van der Waals surface area contributed by atoms with Crippen LogP contribution in [0.5, 0.6) is 5.75 Å². The first-order valence-electron chi connectivity index (χ1n) is 9.95. The first-order chi connectivity index (χ1) is 13.1. The Morgan fingerprint density at radius 2 is 2.07 bits per heavy atom. The second-order valence-corrected chi connectivity index (χ2v) is 7.72. The number of aliphatic hydroxyl groups is 1. The van der Waals surface area contributed by atoms with E-state index in [0.29, 0.717) is 19.7 Å². The van der Waals surface area contributed by atoms with Crippen LogP contribution in [0.25, 0.3) is 0 Å². The molecule has 0 bridgehead atoms. The number of carbonyl (C=O) groups excluding carboxylic acids is 1. The van der Waals surface area contributed by atoms with Crippen LogP contribution in [0.15, 0.2) is 18.2 Å². The average Bonchev–Trinajstić information content (AvgIpc) is 2.68. The molecule has 3 rings (SSSR count). The van der Waals surface area contributed by atoms with Crippen molar-refractivity contribution < 1.29 is 19.4 Å². The summed E-state index contributed by atoms with van der Waals surface area (Å²) in [7, 11) is 3.34. The lowest BCUT2D eigenvalue weighted by Gasteiger charge is -2.38. The monoisotopic (exact) mass is 376 g/mol. The molecular weight excluding hydrogens is 344 g/mol. The Balaban J connectivity index is 1.65. The van der Waals surface area contributed by atoms with E-state index >= 15 is 0 Å². The molecule has 6 heteroatoms. The number of nitrogens with one attached hydrogen (secondary N) is 1. The molecule has 1 amide bonds. The Kier molecular flexibility index (Phi) is 6.73. The summed E-state index contributed by atoms with van der Waals surface area (Å²) in [6.45, 7) is 1.82. The Bertz CT molecular complexity index is 643. The minimum atomic E-state index is -0.660. The molecule has 0 aromatic heterocycles. The van der Waals surface area contributed by atoms with Crippen LogP contribution in [0, 0.1) is 0 Å². The fourth-order valence-corrected chi connectivity index (χ4v) is 4.44. The number of nitrogens with zero attached hydrogens (tertiary/aromatic N) is 1. The topological polar surface area (TPSA) is 71.0 Å². The third-order valence-corrected chi connectivity index (χ3v) is 5.89. The fraction of sp³-hybridized carbons (Fsp3) is 0.667. The van der Waals surface area contributed by atoms with E-state index in [-0.39, 0.29) is 18.5 Å². The van der Waals surface area contributed by atoms with Gasteiger partial charge < -0.3 is 24.8 Å². The predicted octanol–water partition coefficient (Wildman–Crippen LogP) is 2.05. The van der Waals surface area contributed by atoms with Crippen molar-refractivity contribution in [2.45, 2.75) is 50.2 Å². The Labute approximate surface area is 161 Å². The number of hydrogen-bond donors (Lipinski definition) is 2. The van der Waals surface area contributed by atoms with Gasteiger partial charge in [-0.2, -0.15) is 0 Å². The summed E-state index contributed by atoms with van der Waals surface area (Å²) < 4.78 is 10.9.